The summed E-state index contributed by atoms with van der Waals surface area (Å²) in [7, 11) is 0. The normalized spacial score (nSPS) is 16.5. The topological polar surface area (TPSA) is 45.8 Å². The van der Waals surface area contributed by atoms with Crippen LogP contribution in [0.4, 0.5) is 0 Å². The van der Waals surface area contributed by atoms with Crippen LogP contribution in [0.2, 0.25) is 0 Å². The van der Waals surface area contributed by atoms with Crippen LogP contribution in [0.25, 0.3) is 11.3 Å². The van der Waals surface area contributed by atoms with Crippen molar-refractivity contribution in [3.8, 4) is 11.3 Å². The molecule has 0 amide bonds. The minimum absolute atomic E-state index is 0.216. The number of hydrogen-bond acceptors (Lipinski definition) is 2. The first-order valence-electron chi connectivity index (χ1n) is 8.60. The molecule has 1 N–H and O–H groups in total. The van der Waals surface area contributed by atoms with E-state index in [-0.39, 0.29) is 11.7 Å². The average molecular weight is 328 g/mol. The minimum atomic E-state index is 0.216. The first-order valence-corrected chi connectivity index (χ1v) is 8.60. The Morgan fingerprint density at radius 2 is 1.88 bits per heavy atom. The third kappa shape index (κ3) is 2.93. The molecule has 3 nitrogen and oxygen atoms in total. The monoisotopic (exact) mass is 328 g/mol. The van der Waals surface area contributed by atoms with Crippen molar-refractivity contribution >= 4 is 5.78 Å². The number of carbonyl (C=O) groups is 1. The summed E-state index contributed by atoms with van der Waals surface area (Å²) >= 11 is 0. The van der Waals surface area contributed by atoms with Crippen LogP contribution in [-0.2, 0) is 12.8 Å². The van der Waals surface area contributed by atoms with Crippen LogP contribution in [0, 0.1) is 5.92 Å². The first-order chi connectivity index (χ1) is 12.3. The fraction of sp³-hybridized carbons (Fsp3) is 0.182. The Balaban J connectivity index is 1.86. The number of allylic oxidation sites excluding steroid dienone is 1. The van der Waals surface area contributed by atoms with Crippen molar-refractivity contribution in [1.82, 2.24) is 9.97 Å². The zero-order valence-electron chi connectivity index (χ0n) is 14.0. The Labute approximate surface area is 147 Å². The number of H-pyrrole nitrogens is 1. The number of nitrogens with zero attached hydrogens (tertiary/aromatic N) is 1. The molecule has 3 heteroatoms. The summed E-state index contributed by atoms with van der Waals surface area (Å²) in [6.45, 7) is 3.87. The zero-order chi connectivity index (χ0) is 17.2. The van der Waals surface area contributed by atoms with Crippen LogP contribution in [-0.4, -0.2) is 15.8 Å². The molecular formula is C22H20N2O. The lowest BCUT2D eigenvalue weighted by Gasteiger charge is -2.18. The van der Waals surface area contributed by atoms with E-state index in [4.69, 9.17) is 0 Å². The Hall–Kier alpha value is -2.94. The van der Waals surface area contributed by atoms with Crippen LogP contribution in [0.1, 0.15) is 33.6 Å². The van der Waals surface area contributed by atoms with E-state index in [2.05, 4.69) is 28.7 Å². The Morgan fingerprint density at radius 1 is 1.12 bits per heavy atom. The number of aromatic nitrogens is 2. The van der Waals surface area contributed by atoms with Crippen molar-refractivity contribution in [2.45, 2.75) is 19.3 Å². The van der Waals surface area contributed by atoms with Gasteiger partial charge in [-0.25, -0.2) is 0 Å². The minimum Gasteiger partial charge on any atom is -0.358 e. The third-order valence-corrected chi connectivity index (χ3v) is 4.90. The molecule has 2 aromatic heterocycles. The number of carbonyl (C=O) groups excluding carboxylic acids is 1. The van der Waals surface area contributed by atoms with Crippen molar-refractivity contribution in [2.75, 3.05) is 0 Å². The van der Waals surface area contributed by atoms with Crippen LogP contribution >= 0.6 is 0 Å². The number of benzene rings is 1. The van der Waals surface area contributed by atoms with Crippen molar-refractivity contribution in [1.29, 1.82) is 0 Å². The Kier molecular flexibility index (Phi) is 4.06. The summed E-state index contributed by atoms with van der Waals surface area (Å²) in [5.74, 6) is 0.433. The van der Waals surface area contributed by atoms with Gasteiger partial charge in [0.15, 0.2) is 5.78 Å². The number of ketones is 1. The Morgan fingerprint density at radius 3 is 2.60 bits per heavy atom. The highest BCUT2D eigenvalue weighted by Crippen LogP contribution is 2.36. The highest BCUT2D eigenvalue weighted by Gasteiger charge is 2.30. The number of hydrogen-bond donors (Lipinski definition) is 1. The fourth-order valence-electron chi connectivity index (χ4n) is 3.67. The molecule has 0 spiro atoms. The molecule has 0 saturated heterocycles. The van der Waals surface area contributed by atoms with Gasteiger partial charge in [0, 0.05) is 42.1 Å². The van der Waals surface area contributed by atoms with Crippen molar-refractivity contribution in [2.24, 2.45) is 5.92 Å². The molecule has 0 saturated carbocycles. The van der Waals surface area contributed by atoms with E-state index in [1.165, 1.54) is 5.56 Å². The third-order valence-electron chi connectivity index (χ3n) is 4.90. The Bertz CT molecular complexity index is 910. The number of rotatable bonds is 4. The molecule has 25 heavy (non-hydrogen) atoms. The molecule has 1 unspecified atom stereocenters. The van der Waals surface area contributed by atoms with E-state index in [1.54, 1.807) is 12.4 Å². The molecule has 1 aliphatic carbocycles. The summed E-state index contributed by atoms with van der Waals surface area (Å²) in [6, 6.07) is 14.3. The molecule has 0 radical (unpaired) electrons. The molecular weight excluding hydrogens is 308 g/mol. The first kappa shape index (κ1) is 15.6. The van der Waals surface area contributed by atoms with Crippen LogP contribution < -0.4 is 0 Å². The van der Waals surface area contributed by atoms with Gasteiger partial charge in [-0.2, -0.15) is 0 Å². The van der Waals surface area contributed by atoms with E-state index in [1.807, 2.05) is 36.4 Å². The van der Waals surface area contributed by atoms with Gasteiger partial charge in [0.1, 0.15) is 0 Å². The second kappa shape index (κ2) is 6.52. The van der Waals surface area contributed by atoms with Crippen molar-refractivity contribution in [3.05, 3.63) is 89.9 Å². The zero-order valence-corrected chi connectivity index (χ0v) is 14.0. The van der Waals surface area contributed by atoms with Crippen molar-refractivity contribution < 1.29 is 4.79 Å². The predicted octanol–water partition coefficient (Wildman–Crippen LogP) is 4.60. The van der Waals surface area contributed by atoms with Gasteiger partial charge in [-0.1, -0.05) is 36.4 Å². The van der Waals surface area contributed by atoms with Gasteiger partial charge in [-0.05, 0) is 35.6 Å². The molecule has 0 bridgehead atoms. The molecule has 4 rings (SSSR count). The molecule has 3 aromatic rings. The smallest absolute Gasteiger partial charge is 0.165 e. The number of nitrogens with one attached hydrogen (secondary N) is 1. The number of pyridine rings is 1. The lowest BCUT2D eigenvalue weighted by atomic mass is 9.84. The lowest BCUT2D eigenvalue weighted by Crippen LogP contribution is -2.18. The second-order valence-electron chi connectivity index (χ2n) is 6.56. The molecule has 0 aliphatic heterocycles. The largest absolute Gasteiger partial charge is 0.358 e. The standard InChI is InChI=1S/C22H20N2O/c1-2-15-13-19-21(20(25)14-15)18(12-16-6-4-3-5-7-16)22(24-19)17-8-10-23-11-9-17/h2-11,15,24H,1,12-14H2. The predicted molar refractivity (Wildman–Crippen MR) is 99.6 cm³/mol. The lowest BCUT2D eigenvalue weighted by molar-refractivity contribution is 0.0958. The summed E-state index contributed by atoms with van der Waals surface area (Å²) in [5, 5.41) is 0. The summed E-state index contributed by atoms with van der Waals surface area (Å²) in [5.41, 5.74) is 6.33. The molecule has 1 aliphatic rings. The SMILES string of the molecule is C=CC1CC(=O)c2c([nH]c(-c3ccncc3)c2Cc2ccccc2)C1. The van der Waals surface area contributed by atoms with Crippen LogP contribution in [0.5, 0.6) is 0 Å². The quantitative estimate of drug-likeness (QED) is 0.712. The maximum atomic E-state index is 12.8. The number of Topliss-reactive ketones (excluding diaryl/α,β-unsaturated/α-hetero) is 1. The van der Waals surface area contributed by atoms with E-state index >= 15 is 0 Å². The van der Waals surface area contributed by atoms with E-state index < -0.39 is 0 Å². The molecule has 0 fully saturated rings. The number of fused-ring (bicyclic) bond motifs is 1. The van der Waals surface area contributed by atoms with Gasteiger partial charge in [0.25, 0.3) is 0 Å². The van der Waals surface area contributed by atoms with Gasteiger partial charge in [-0.15, -0.1) is 6.58 Å². The maximum absolute atomic E-state index is 12.8. The van der Waals surface area contributed by atoms with Crippen LogP contribution in [0.15, 0.2) is 67.5 Å². The summed E-state index contributed by atoms with van der Waals surface area (Å²) in [6.07, 6.45) is 7.61. The molecule has 1 atom stereocenters. The van der Waals surface area contributed by atoms with Gasteiger partial charge in [0.05, 0.1) is 5.69 Å². The fourth-order valence-corrected chi connectivity index (χ4v) is 3.67. The molecule has 124 valence electrons. The maximum Gasteiger partial charge on any atom is 0.165 e. The number of aromatic amines is 1. The summed E-state index contributed by atoms with van der Waals surface area (Å²) < 4.78 is 0. The van der Waals surface area contributed by atoms with Crippen molar-refractivity contribution in [3.63, 3.8) is 0 Å². The van der Waals surface area contributed by atoms with E-state index in [0.717, 1.165) is 40.9 Å². The van der Waals surface area contributed by atoms with Gasteiger partial charge >= 0.3 is 0 Å². The van der Waals surface area contributed by atoms with Crippen LogP contribution in [0.3, 0.4) is 0 Å². The average Bonchev–Trinajstić information content (AvgIpc) is 3.02. The van der Waals surface area contributed by atoms with Gasteiger partial charge < -0.3 is 4.98 Å². The summed E-state index contributed by atoms with van der Waals surface area (Å²) in [4.78, 5) is 20.5. The van der Waals surface area contributed by atoms with Gasteiger partial charge in [-0.3, -0.25) is 9.78 Å². The van der Waals surface area contributed by atoms with E-state index in [9.17, 15) is 4.79 Å². The van der Waals surface area contributed by atoms with Gasteiger partial charge in [0.2, 0.25) is 0 Å². The molecule has 1 aromatic carbocycles. The second-order valence-corrected chi connectivity index (χ2v) is 6.56. The highest BCUT2D eigenvalue weighted by molar-refractivity contribution is 6.02. The van der Waals surface area contributed by atoms with E-state index in [0.29, 0.717) is 6.42 Å². The highest BCUT2D eigenvalue weighted by atomic mass is 16.1. The molecule has 2 heterocycles.